The van der Waals surface area contributed by atoms with Gasteiger partial charge in [-0.05, 0) is 12.0 Å². The van der Waals surface area contributed by atoms with E-state index in [0.29, 0.717) is 18.0 Å². The second kappa shape index (κ2) is 4.95. The molecule has 0 fully saturated rings. The molecule has 0 unspecified atom stereocenters. The van der Waals surface area contributed by atoms with E-state index in [0.717, 1.165) is 18.7 Å². The lowest BCUT2D eigenvalue weighted by Gasteiger charge is -2.08. The fourth-order valence-electron chi connectivity index (χ4n) is 1.70. The summed E-state index contributed by atoms with van der Waals surface area (Å²) in [7, 11) is 0. The Morgan fingerprint density at radius 2 is 2.29 bits per heavy atom. The molecule has 5 heteroatoms. The summed E-state index contributed by atoms with van der Waals surface area (Å²) in [6.07, 6.45) is 6.09. The molecule has 0 saturated carbocycles. The molecule has 0 saturated heterocycles. The molecule has 2 heterocycles. The molecule has 2 rings (SSSR count). The van der Waals surface area contributed by atoms with Crippen LogP contribution in [-0.2, 0) is 13.1 Å². The molecule has 0 spiro atoms. The maximum absolute atomic E-state index is 10.6. The van der Waals surface area contributed by atoms with E-state index in [4.69, 9.17) is 0 Å². The van der Waals surface area contributed by atoms with Crippen LogP contribution in [0.5, 0.6) is 0 Å². The standard InChI is InChI=1S/C12H16N4O/c1-10(2)5-16-12(13-9-14-16)7-15-4-3-11(6-15)8-17/h3-4,6,8-10H,5,7H2,1-2H3. The third-order valence-electron chi connectivity index (χ3n) is 2.47. The molecule has 0 aromatic carbocycles. The molecule has 90 valence electrons. The first-order valence-corrected chi connectivity index (χ1v) is 5.66. The van der Waals surface area contributed by atoms with Gasteiger partial charge in [0.25, 0.3) is 0 Å². The molecule has 0 atom stereocenters. The van der Waals surface area contributed by atoms with Crippen LogP contribution >= 0.6 is 0 Å². The number of hydrogen-bond acceptors (Lipinski definition) is 3. The predicted molar refractivity (Wildman–Crippen MR) is 63.8 cm³/mol. The van der Waals surface area contributed by atoms with Crippen molar-refractivity contribution in [1.29, 1.82) is 0 Å². The molecule has 2 aromatic heterocycles. The zero-order chi connectivity index (χ0) is 12.3. The summed E-state index contributed by atoms with van der Waals surface area (Å²) in [5, 5.41) is 4.20. The van der Waals surface area contributed by atoms with Gasteiger partial charge in [0.1, 0.15) is 12.2 Å². The van der Waals surface area contributed by atoms with Gasteiger partial charge in [0.2, 0.25) is 0 Å². The van der Waals surface area contributed by atoms with Gasteiger partial charge in [-0.25, -0.2) is 9.67 Å². The first-order valence-electron chi connectivity index (χ1n) is 5.66. The van der Waals surface area contributed by atoms with Crippen molar-refractivity contribution in [1.82, 2.24) is 19.3 Å². The first-order chi connectivity index (χ1) is 8.19. The van der Waals surface area contributed by atoms with Crippen molar-refractivity contribution in [2.24, 2.45) is 5.92 Å². The van der Waals surface area contributed by atoms with Crippen molar-refractivity contribution in [3.63, 3.8) is 0 Å². The van der Waals surface area contributed by atoms with Crippen molar-refractivity contribution in [3.05, 3.63) is 36.2 Å². The van der Waals surface area contributed by atoms with Crippen LogP contribution in [0.1, 0.15) is 30.0 Å². The minimum Gasteiger partial charge on any atom is -0.346 e. The molecule has 0 bridgehead atoms. The lowest BCUT2D eigenvalue weighted by molar-refractivity contribution is 0.112. The topological polar surface area (TPSA) is 52.7 Å². The number of carbonyl (C=O) groups is 1. The summed E-state index contributed by atoms with van der Waals surface area (Å²) in [5.41, 5.74) is 0.680. The Balaban J connectivity index is 2.12. The number of hydrogen-bond donors (Lipinski definition) is 0. The number of rotatable bonds is 5. The molecule has 0 aliphatic carbocycles. The lowest BCUT2D eigenvalue weighted by Crippen LogP contribution is -2.12. The summed E-state index contributed by atoms with van der Waals surface area (Å²) in [5.74, 6) is 1.44. The number of carbonyl (C=O) groups excluding carboxylic acids is 1. The second-order valence-corrected chi connectivity index (χ2v) is 4.49. The number of aromatic nitrogens is 4. The Morgan fingerprint density at radius 1 is 1.47 bits per heavy atom. The van der Waals surface area contributed by atoms with E-state index in [2.05, 4.69) is 23.9 Å². The number of nitrogens with zero attached hydrogens (tertiary/aromatic N) is 4. The fourth-order valence-corrected chi connectivity index (χ4v) is 1.70. The molecule has 0 radical (unpaired) electrons. The molecule has 0 N–H and O–H groups in total. The average Bonchev–Trinajstić information content (AvgIpc) is 2.89. The molecular weight excluding hydrogens is 216 g/mol. The molecule has 0 aliphatic rings. The van der Waals surface area contributed by atoms with E-state index in [1.54, 1.807) is 18.6 Å². The Labute approximate surface area is 100 Å². The molecular formula is C12H16N4O. The Hall–Kier alpha value is -1.91. The summed E-state index contributed by atoms with van der Waals surface area (Å²) in [4.78, 5) is 14.8. The zero-order valence-corrected chi connectivity index (χ0v) is 10.1. The van der Waals surface area contributed by atoms with E-state index >= 15 is 0 Å². The molecule has 2 aromatic rings. The van der Waals surface area contributed by atoms with E-state index in [9.17, 15) is 4.79 Å². The molecule has 0 aliphatic heterocycles. The van der Waals surface area contributed by atoms with Crippen LogP contribution < -0.4 is 0 Å². The van der Waals surface area contributed by atoms with E-state index in [1.165, 1.54) is 0 Å². The Morgan fingerprint density at radius 3 is 2.94 bits per heavy atom. The SMILES string of the molecule is CC(C)Cn1ncnc1Cn1ccc(C=O)c1. The van der Waals surface area contributed by atoms with Crippen molar-refractivity contribution >= 4 is 6.29 Å². The molecule has 17 heavy (non-hydrogen) atoms. The smallest absolute Gasteiger partial charge is 0.151 e. The van der Waals surface area contributed by atoms with Gasteiger partial charge in [-0.2, -0.15) is 5.10 Å². The summed E-state index contributed by atoms with van der Waals surface area (Å²) in [6.45, 7) is 5.79. The molecule has 0 amide bonds. The summed E-state index contributed by atoms with van der Waals surface area (Å²) < 4.78 is 3.84. The van der Waals surface area contributed by atoms with Gasteiger partial charge in [-0.1, -0.05) is 13.8 Å². The van der Waals surface area contributed by atoms with Crippen LogP contribution in [0.3, 0.4) is 0 Å². The van der Waals surface area contributed by atoms with Crippen molar-refractivity contribution in [2.75, 3.05) is 0 Å². The fraction of sp³-hybridized carbons (Fsp3) is 0.417. The van der Waals surface area contributed by atoms with E-state index in [1.807, 2.05) is 15.4 Å². The maximum atomic E-state index is 10.6. The van der Waals surface area contributed by atoms with Crippen LogP contribution in [0, 0.1) is 5.92 Å². The summed E-state index contributed by atoms with van der Waals surface area (Å²) >= 11 is 0. The lowest BCUT2D eigenvalue weighted by atomic mass is 10.2. The van der Waals surface area contributed by atoms with Crippen molar-refractivity contribution in [3.8, 4) is 0 Å². The zero-order valence-electron chi connectivity index (χ0n) is 10.1. The van der Waals surface area contributed by atoms with Gasteiger partial charge in [0.15, 0.2) is 6.29 Å². The van der Waals surface area contributed by atoms with Gasteiger partial charge >= 0.3 is 0 Å². The Bertz CT molecular complexity index is 498. The van der Waals surface area contributed by atoms with Gasteiger partial charge < -0.3 is 4.57 Å². The van der Waals surface area contributed by atoms with Crippen LogP contribution in [0.15, 0.2) is 24.8 Å². The van der Waals surface area contributed by atoms with Crippen molar-refractivity contribution in [2.45, 2.75) is 26.9 Å². The average molecular weight is 232 g/mol. The summed E-state index contributed by atoms with van der Waals surface area (Å²) in [6, 6.07) is 1.79. The van der Waals surface area contributed by atoms with Gasteiger partial charge in [0.05, 0.1) is 6.54 Å². The van der Waals surface area contributed by atoms with E-state index < -0.39 is 0 Å². The van der Waals surface area contributed by atoms with Crippen molar-refractivity contribution < 1.29 is 4.79 Å². The monoisotopic (exact) mass is 232 g/mol. The molecule has 5 nitrogen and oxygen atoms in total. The van der Waals surface area contributed by atoms with Gasteiger partial charge in [-0.15, -0.1) is 0 Å². The first kappa shape index (κ1) is 11.6. The highest BCUT2D eigenvalue weighted by Crippen LogP contribution is 2.05. The Kier molecular flexibility index (Phi) is 3.37. The highest BCUT2D eigenvalue weighted by Gasteiger charge is 2.06. The van der Waals surface area contributed by atoms with Gasteiger partial charge in [-0.3, -0.25) is 4.79 Å². The largest absolute Gasteiger partial charge is 0.346 e. The highest BCUT2D eigenvalue weighted by molar-refractivity contribution is 5.74. The van der Waals surface area contributed by atoms with Crippen LogP contribution in [0.2, 0.25) is 0 Å². The normalized spacial score (nSPS) is 11.0. The quantitative estimate of drug-likeness (QED) is 0.736. The number of aldehydes is 1. The van der Waals surface area contributed by atoms with Crippen LogP contribution in [-0.4, -0.2) is 25.6 Å². The maximum Gasteiger partial charge on any atom is 0.151 e. The van der Waals surface area contributed by atoms with Gasteiger partial charge in [0, 0.05) is 24.5 Å². The van der Waals surface area contributed by atoms with Crippen LogP contribution in [0.4, 0.5) is 0 Å². The second-order valence-electron chi connectivity index (χ2n) is 4.49. The predicted octanol–water partition coefficient (Wildman–Crippen LogP) is 1.60. The highest BCUT2D eigenvalue weighted by atomic mass is 16.1. The minimum atomic E-state index is 0.533. The third-order valence-corrected chi connectivity index (χ3v) is 2.47. The van der Waals surface area contributed by atoms with Crippen LogP contribution in [0.25, 0.3) is 0 Å². The third kappa shape index (κ3) is 2.81. The minimum absolute atomic E-state index is 0.533. The van der Waals surface area contributed by atoms with E-state index in [-0.39, 0.29) is 0 Å².